The summed E-state index contributed by atoms with van der Waals surface area (Å²) in [7, 11) is 0. The maximum atomic E-state index is 12.0. The zero-order valence-electron chi connectivity index (χ0n) is 14.1. The zero-order valence-corrected chi connectivity index (χ0v) is 14.9. The first-order valence-electron chi connectivity index (χ1n) is 8.25. The molecule has 0 aliphatic heterocycles. The van der Waals surface area contributed by atoms with Crippen LogP contribution in [0.1, 0.15) is 11.1 Å². The maximum Gasteiger partial charge on any atom is 0.319 e. The lowest BCUT2D eigenvalue weighted by molar-refractivity contribution is 0.251. The van der Waals surface area contributed by atoms with Crippen molar-refractivity contribution in [1.82, 2.24) is 5.32 Å². The Morgan fingerprint density at radius 3 is 2.23 bits per heavy atom. The van der Waals surface area contributed by atoms with Gasteiger partial charge in [0.25, 0.3) is 0 Å². The molecule has 5 heteroatoms. The second-order valence-electron chi connectivity index (χ2n) is 5.73. The van der Waals surface area contributed by atoms with Crippen LogP contribution in [0.15, 0.2) is 78.9 Å². The lowest BCUT2D eigenvalue weighted by Gasteiger charge is -2.10. The van der Waals surface area contributed by atoms with Gasteiger partial charge in [0.15, 0.2) is 0 Å². The first-order chi connectivity index (χ1) is 12.7. The van der Waals surface area contributed by atoms with Crippen LogP contribution in [0.3, 0.4) is 0 Å². The molecular weight excluding hydrogens is 348 g/mol. The van der Waals surface area contributed by atoms with E-state index in [0.717, 1.165) is 16.9 Å². The highest BCUT2D eigenvalue weighted by Crippen LogP contribution is 2.17. The normalized spacial score (nSPS) is 10.2. The number of urea groups is 1. The molecule has 3 rings (SSSR count). The summed E-state index contributed by atoms with van der Waals surface area (Å²) >= 11 is 5.84. The Balaban J connectivity index is 1.45. The van der Waals surface area contributed by atoms with Crippen molar-refractivity contribution in [3.63, 3.8) is 0 Å². The number of carbonyl (C=O) groups excluding carboxylic acids is 1. The largest absolute Gasteiger partial charge is 0.489 e. The quantitative estimate of drug-likeness (QED) is 0.626. The molecule has 0 aliphatic rings. The molecule has 132 valence electrons. The molecule has 26 heavy (non-hydrogen) atoms. The van der Waals surface area contributed by atoms with E-state index in [2.05, 4.69) is 10.6 Å². The zero-order chi connectivity index (χ0) is 18.2. The van der Waals surface area contributed by atoms with Crippen LogP contribution >= 0.6 is 11.6 Å². The van der Waals surface area contributed by atoms with Crippen molar-refractivity contribution in [2.24, 2.45) is 0 Å². The van der Waals surface area contributed by atoms with E-state index >= 15 is 0 Å². The second-order valence-corrected chi connectivity index (χ2v) is 6.17. The van der Waals surface area contributed by atoms with Crippen LogP contribution in [-0.2, 0) is 13.2 Å². The van der Waals surface area contributed by atoms with Gasteiger partial charge in [-0.2, -0.15) is 0 Å². The summed E-state index contributed by atoms with van der Waals surface area (Å²) in [5.74, 6) is 0.751. The van der Waals surface area contributed by atoms with Gasteiger partial charge in [0.2, 0.25) is 0 Å². The fourth-order valence-electron chi connectivity index (χ4n) is 2.34. The smallest absolute Gasteiger partial charge is 0.319 e. The van der Waals surface area contributed by atoms with Gasteiger partial charge in [0.1, 0.15) is 12.4 Å². The van der Waals surface area contributed by atoms with Crippen LogP contribution in [0.25, 0.3) is 0 Å². The number of hydrogen-bond donors (Lipinski definition) is 2. The number of carbonyl (C=O) groups is 1. The second kappa shape index (κ2) is 8.92. The van der Waals surface area contributed by atoms with E-state index in [1.807, 2.05) is 66.7 Å². The Morgan fingerprint density at radius 1 is 0.846 bits per heavy atom. The van der Waals surface area contributed by atoms with E-state index in [4.69, 9.17) is 16.3 Å². The fraction of sp³-hybridized carbons (Fsp3) is 0.0952. The van der Waals surface area contributed by atoms with Crippen molar-refractivity contribution in [2.45, 2.75) is 13.2 Å². The van der Waals surface area contributed by atoms with Crippen molar-refractivity contribution in [1.29, 1.82) is 0 Å². The minimum atomic E-state index is -0.266. The van der Waals surface area contributed by atoms with Crippen molar-refractivity contribution in [3.8, 4) is 5.75 Å². The van der Waals surface area contributed by atoms with E-state index in [9.17, 15) is 4.79 Å². The van der Waals surface area contributed by atoms with Crippen molar-refractivity contribution in [3.05, 3.63) is 95.0 Å². The summed E-state index contributed by atoms with van der Waals surface area (Å²) in [5.41, 5.74) is 2.79. The average molecular weight is 367 g/mol. The van der Waals surface area contributed by atoms with Crippen LogP contribution in [0, 0.1) is 0 Å². The molecule has 0 spiro atoms. The third kappa shape index (κ3) is 5.53. The first kappa shape index (κ1) is 17.8. The number of amides is 2. The lowest BCUT2D eigenvalue weighted by atomic mass is 10.2. The predicted molar refractivity (Wildman–Crippen MR) is 105 cm³/mol. The SMILES string of the molecule is O=C(NCc1ccc(Cl)cc1)Nc1ccc(OCc2ccccc2)cc1. The highest BCUT2D eigenvalue weighted by Gasteiger charge is 2.03. The van der Waals surface area contributed by atoms with Crippen LogP contribution in [0.2, 0.25) is 5.02 Å². The number of hydrogen-bond acceptors (Lipinski definition) is 2. The summed E-state index contributed by atoms with van der Waals surface area (Å²) in [5, 5.41) is 6.27. The Bertz CT molecular complexity index is 834. The van der Waals surface area contributed by atoms with E-state index < -0.39 is 0 Å². The maximum absolute atomic E-state index is 12.0. The Hall–Kier alpha value is -2.98. The minimum absolute atomic E-state index is 0.266. The summed E-state index contributed by atoms with van der Waals surface area (Å²) in [6.45, 7) is 0.941. The van der Waals surface area contributed by atoms with E-state index in [0.29, 0.717) is 23.9 Å². The first-order valence-corrected chi connectivity index (χ1v) is 8.63. The van der Waals surface area contributed by atoms with Crippen molar-refractivity contribution < 1.29 is 9.53 Å². The summed E-state index contributed by atoms with van der Waals surface area (Å²) in [6.07, 6.45) is 0. The molecule has 0 fully saturated rings. The third-order valence-electron chi connectivity index (χ3n) is 3.73. The van der Waals surface area contributed by atoms with Gasteiger partial charge in [-0.3, -0.25) is 0 Å². The Labute approximate surface area is 157 Å². The predicted octanol–water partition coefficient (Wildman–Crippen LogP) is 5.24. The van der Waals surface area contributed by atoms with E-state index in [1.54, 1.807) is 12.1 Å². The lowest BCUT2D eigenvalue weighted by Crippen LogP contribution is -2.28. The molecule has 0 aromatic heterocycles. The number of nitrogens with one attached hydrogen (secondary N) is 2. The fourth-order valence-corrected chi connectivity index (χ4v) is 2.46. The molecular formula is C21H19ClN2O2. The van der Waals surface area contributed by atoms with Gasteiger partial charge in [-0.15, -0.1) is 0 Å². The molecule has 2 amide bonds. The molecule has 0 radical (unpaired) electrons. The van der Waals surface area contributed by atoms with Gasteiger partial charge in [0, 0.05) is 17.3 Å². The number of anilines is 1. The summed E-state index contributed by atoms with van der Waals surface area (Å²) in [4.78, 5) is 12.0. The molecule has 0 saturated heterocycles. The van der Waals surface area contributed by atoms with Gasteiger partial charge in [-0.25, -0.2) is 4.79 Å². The van der Waals surface area contributed by atoms with Crippen LogP contribution in [0.4, 0.5) is 10.5 Å². The molecule has 0 heterocycles. The molecule has 0 unspecified atom stereocenters. The van der Waals surface area contributed by atoms with Crippen molar-refractivity contribution >= 4 is 23.3 Å². The Kier molecular flexibility index (Phi) is 6.12. The molecule has 3 aromatic rings. The van der Waals surface area contributed by atoms with Crippen molar-refractivity contribution in [2.75, 3.05) is 5.32 Å². The van der Waals surface area contributed by atoms with Gasteiger partial charge in [-0.05, 0) is 47.5 Å². The van der Waals surface area contributed by atoms with Gasteiger partial charge < -0.3 is 15.4 Å². The van der Waals surface area contributed by atoms with Crippen LogP contribution in [0.5, 0.6) is 5.75 Å². The molecule has 0 bridgehead atoms. The number of halogens is 1. The highest BCUT2D eigenvalue weighted by atomic mass is 35.5. The summed E-state index contributed by atoms with van der Waals surface area (Å²) in [6, 6.07) is 24.3. The van der Waals surface area contributed by atoms with Gasteiger partial charge in [-0.1, -0.05) is 54.1 Å². The van der Waals surface area contributed by atoms with E-state index in [-0.39, 0.29) is 6.03 Å². The molecule has 0 atom stereocenters. The van der Waals surface area contributed by atoms with Crippen LogP contribution in [-0.4, -0.2) is 6.03 Å². The number of benzene rings is 3. The van der Waals surface area contributed by atoms with Gasteiger partial charge in [0.05, 0.1) is 0 Å². The third-order valence-corrected chi connectivity index (χ3v) is 3.98. The molecule has 3 aromatic carbocycles. The molecule has 2 N–H and O–H groups in total. The molecule has 0 aliphatic carbocycles. The minimum Gasteiger partial charge on any atom is -0.489 e. The van der Waals surface area contributed by atoms with Crippen LogP contribution < -0.4 is 15.4 Å². The summed E-state index contributed by atoms with van der Waals surface area (Å²) < 4.78 is 5.73. The monoisotopic (exact) mass is 366 g/mol. The molecule has 4 nitrogen and oxygen atoms in total. The molecule has 0 saturated carbocycles. The standard InChI is InChI=1S/C21H19ClN2O2/c22-18-8-6-16(7-9-18)14-23-21(25)24-19-10-12-20(13-11-19)26-15-17-4-2-1-3-5-17/h1-13H,14-15H2,(H2,23,24,25). The highest BCUT2D eigenvalue weighted by molar-refractivity contribution is 6.30. The van der Waals surface area contributed by atoms with Gasteiger partial charge >= 0.3 is 6.03 Å². The van der Waals surface area contributed by atoms with E-state index in [1.165, 1.54) is 0 Å². The number of ether oxygens (including phenoxy) is 1. The number of rotatable bonds is 6. The topological polar surface area (TPSA) is 50.4 Å². The average Bonchev–Trinajstić information content (AvgIpc) is 2.68. The Morgan fingerprint density at radius 2 is 1.54 bits per heavy atom.